The summed E-state index contributed by atoms with van der Waals surface area (Å²) in [6.07, 6.45) is 6.03. The normalized spacial score (nSPS) is 31.2. The lowest BCUT2D eigenvalue weighted by atomic mass is 10.1. The van der Waals surface area contributed by atoms with Crippen LogP contribution in [-0.4, -0.2) is 16.1 Å². The van der Waals surface area contributed by atoms with Crippen molar-refractivity contribution in [3.63, 3.8) is 0 Å². The largest absolute Gasteiger partial charge is 0.335 e. The number of aryl methyl sites for hydroxylation is 2. The number of fused-ring (bicyclic) bond motifs is 1. The zero-order valence-corrected chi connectivity index (χ0v) is 10.2. The average Bonchev–Trinajstić information content (AvgIpc) is 2.65. The van der Waals surface area contributed by atoms with Gasteiger partial charge in [-0.05, 0) is 30.7 Å². The summed E-state index contributed by atoms with van der Waals surface area (Å²) in [5.41, 5.74) is 7.47. The van der Waals surface area contributed by atoms with Crippen molar-refractivity contribution in [2.75, 3.05) is 6.54 Å². The molecule has 1 saturated carbocycles. The topological polar surface area (TPSA) is 43.8 Å². The first-order valence-corrected chi connectivity index (χ1v) is 6.40. The fourth-order valence-corrected chi connectivity index (χ4v) is 3.36. The Hall–Kier alpha value is -0.830. The third-order valence-electron chi connectivity index (χ3n) is 4.55. The van der Waals surface area contributed by atoms with Crippen molar-refractivity contribution in [2.45, 2.75) is 45.6 Å². The van der Waals surface area contributed by atoms with Gasteiger partial charge in [-0.2, -0.15) is 0 Å². The minimum absolute atomic E-state index is 0.360. The molecule has 2 atom stereocenters. The van der Waals surface area contributed by atoms with Crippen LogP contribution in [0.15, 0.2) is 6.20 Å². The molecule has 0 amide bonds. The van der Waals surface area contributed by atoms with Gasteiger partial charge < -0.3 is 10.3 Å². The van der Waals surface area contributed by atoms with Gasteiger partial charge in [0.05, 0.1) is 5.69 Å². The van der Waals surface area contributed by atoms with E-state index in [2.05, 4.69) is 24.6 Å². The zero-order valence-electron chi connectivity index (χ0n) is 10.2. The maximum Gasteiger partial charge on any atom is 0.108 e. The Bertz CT molecular complexity index is 382. The number of hydrogen-bond donors (Lipinski definition) is 1. The molecule has 1 aromatic rings. The van der Waals surface area contributed by atoms with E-state index in [1.807, 2.05) is 0 Å². The summed E-state index contributed by atoms with van der Waals surface area (Å²) >= 11 is 0. The second kappa shape index (κ2) is 3.33. The maximum absolute atomic E-state index is 5.82. The molecule has 3 rings (SSSR count). The minimum Gasteiger partial charge on any atom is -0.335 e. The molecule has 2 aliphatic rings. The maximum atomic E-state index is 5.82. The van der Waals surface area contributed by atoms with Crippen LogP contribution in [0.1, 0.15) is 44.1 Å². The predicted molar refractivity (Wildman–Crippen MR) is 64.2 cm³/mol. The summed E-state index contributed by atoms with van der Waals surface area (Å²) in [5, 5.41) is 0. The molecule has 1 fully saturated rings. The first-order chi connectivity index (χ1) is 7.64. The van der Waals surface area contributed by atoms with Gasteiger partial charge in [0.25, 0.3) is 0 Å². The van der Waals surface area contributed by atoms with Gasteiger partial charge in [-0.15, -0.1) is 0 Å². The van der Waals surface area contributed by atoms with E-state index in [1.54, 1.807) is 0 Å². The molecule has 16 heavy (non-hydrogen) atoms. The van der Waals surface area contributed by atoms with Gasteiger partial charge in [0.2, 0.25) is 0 Å². The highest BCUT2D eigenvalue weighted by atomic mass is 15.1. The van der Waals surface area contributed by atoms with E-state index in [-0.39, 0.29) is 0 Å². The molecule has 3 heteroatoms. The molecular weight excluding hydrogens is 198 g/mol. The lowest BCUT2D eigenvalue weighted by Crippen LogP contribution is -2.08. The van der Waals surface area contributed by atoms with Crippen molar-refractivity contribution >= 4 is 0 Å². The van der Waals surface area contributed by atoms with Crippen LogP contribution in [0.3, 0.4) is 0 Å². The van der Waals surface area contributed by atoms with Crippen LogP contribution in [0, 0.1) is 11.3 Å². The molecule has 88 valence electrons. The molecule has 0 bridgehead atoms. The van der Waals surface area contributed by atoms with Gasteiger partial charge in [0.1, 0.15) is 5.82 Å². The molecule has 1 aliphatic carbocycles. The smallest absolute Gasteiger partial charge is 0.108 e. The molecular formula is C13H21N3. The van der Waals surface area contributed by atoms with E-state index in [9.17, 15) is 0 Å². The second-order valence-electron chi connectivity index (χ2n) is 5.87. The summed E-state index contributed by atoms with van der Waals surface area (Å²) in [5.74, 6) is 2.51. The van der Waals surface area contributed by atoms with E-state index in [0.29, 0.717) is 17.3 Å². The molecule has 0 spiro atoms. The Morgan fingerprint density at radius 3 is 2.94 bits per heavy atom. The fraction of sp³-hybridized carbons (Fsp3) is 0.769. The highest BCUT2D eigenvalue weighted by Gasteiger charge is 2.58. The first kappa shape index (κ1) is 10.3. The predicted octanol–water partition coefficient (Wildman–Crippen LogP) is 1.92. The summed E-state index contributed by atoms with van der Waals surface area (Å²) in [4.78, 5) is 4.81. The lowest BCUT2D eigenvalue weighted by molar-refractivity contribution is 0.522. The lowest BCUT2D eigenvalue weighted by Gasteiger charge is -2.11. The van der Waals surface area contributed by atoms with Gasteiger partial charge in [-0.3, -0.25) is 0 Å². The van der Waals surface area contributed by atoms with Gasteiger partial charge in [-0.25, -0.2) is 4.98 Å². The number of aromatic nitrogens is 2. The molecule has 0 saturated heterocycles. The van der Waals surface area contributed by atoms with E-state index in [4.69, 9.17) is 10.7 Å². The van der Waals surface area contributed by atoms with Crippen molar-refractivity contribution in [1.29, 1.82) is 0 Å². The van der Waals surface area contributed by atoms with E-state index < -0.39 is 0 Å². The third kappa shape index (κ3) is 1.34. The van der Waals surface area contributed by atoms with Crippen molar-refractivity contribution < 1.29 is 0 Å². The molecule has 2 N–H and O–H groups in total. The van der Waals surface area contributed by atoms with Crippen LogP contribution in [0.5, 0.6) is 0 Å². The molecule has 1 aliphatic heterocycles. The molecule has 2 heterocycles. The second-order valence-corrected chi connectivity index (χ2v) is 5.87. The third-order valence-corrected chi connectivity index (χ3v) is 4.55. The Labute approximate surface area is 97.0 Å². The van der Waals surface area contributed by atoms with Crippen molar-refractivity contribution in [3.8, 4) is 0 Å². The minimum atomic E-state index is 0.360. The van der Waals surface area contributed by atoms with E-state index >= 15 is 0 Å². The number of hydrogen-bond acceptors (Lipinski definition) is 2. The highest BCUT2D eigenvalue weighted by Crippen LogP contribution is 2.63. The summed E-state index contributed by atoms with van der Waals surface area (Å²) in [6, 6.07) is 0. The molecule has 0 unspecified atom stereocenters. The van der Waals surface area contributed by atoms with Gasteiger partial charge in [0.15, 0.2) is 0 Å². The Morgan fingerprint density at radius 2 is 2.31 bits per heavy atom. The first-order valence-electron chi connectivity index (χ1n) is 6.40. The standard InChI is InChI=1S/C13H21N3/c1-13(2)9(7-14)12(13)10-8-16-6-4-3-5-11(16)15-10/h8-9,12H,3-7,14H2,1-2H3/t9-,12+/m0/s1. The van der Waals surface area contributed by atoms with Crippen LogP contribution in [-0.2, 0) is 13.0 Å². The average molecular weight is 219 g/mol. The van der Waals surface area contributed by atoms with Crippen molar-refractivity contribution in [1.82, 2.24) is 9.55 Å². The van der Waals surface area contributed by atoms with E-state index in [1.165, 1.54) is 24.4 Å². The Balaban J connectivity index is 1.88. The molecule has 0 aromatic carbocycles. The monoisotopic (exact) mass is 219 g/mol. The zero-order chi connectivity index (χ0) is 11.3. The number of nitrogens with two attached hydrogens (primary N) is 1. The number of rotatable bonds is 2. The van der Waals surface area contributed by atoms with Crippen LogP contribution in [0.4, 0.5) is 0 Å². The van der Waals surface area contributed by atoms with Crippen LogP contribution in [0.2, 0.25) is 0 Å². The number of nitrogens with zero attached hydrogens (tertiary/aromatic N) is 2. The highest BCUT2D eigenvalue weighted by molar-refractivity contribution is 5.26. The summed E-state index contributed by atoms with van der Waals surface area (Å²) in [7, 11) is 0. The van der Waals surface area contributed by atoms with Gasteiger partial charge in [-0.1, -0.05) is 13.8 Å². The molecule has 0 radical (unpaired) electrons. The molecule has 1 aromatic heterocycles. The molecule has 3 nitrogen and oxygen atoms in total. The van der Waals surface area contributed by atoms with Gasteiger partial charge in [0, 0.05) is 25.1 Å². The van der Waals surface area contributed by atoms with Crippen LogP contribution < -0.4 is 5.73 Å². The van der Waals surface area contributed by atoms with E-state index in [0.717, 1.165) is 19.5 Å². The SMILES string of the molecule is CC1(C)[C@@H](CN)[C@@H]1c1cn2c(n1)CCCC2. The van der Waals surface area contributed by atoms with Crippen molar-refractivity contribution in [3.05, 3.63) is 17.7 Å². The fourth-order valence-electron chi connectivity index (χ4n) is 3.36. The van der Waals surface area contributed by atoms with Crippen LogP contribution in [0.25, 0.3) is 0 Å². The van der Waals surface area contributed by atoms with Crippen molar-refractivity contribution in [2.24, 2.45) is 17.1 Å². The Morgan fingerprint density at radius 1 is 1.50 bits per heavy atom. The summed E-state index contributed by atoms with van der Waals surface area (Å²) in [6.45, 7) is 6.57. The van der Waals surface area contributed by atoms with Gasteiger partial charge >= 0.3 is 0 Å². The van der Waals surface area contributed by atoms with Crippen LogP contribution >= 0.6 is 0 Å². The quantitative estimate of drug-likeness (QED) is 0.826. The number of imidazole rings is 1. The Kier molecular flexibility index (Phi) is 2.15. The summed E-state index contributed by atoms with van der Waals surface area (Å²) < 4.78 is 2.35.